The predicted octanol–water partition coefficient (Wildman–Crippen LogP) is 3.16. The molecule has 1 unspecified atom stereocenters. The van der Waals surface area contributed by atoms with Crippen molar-refractivity contribution in [2.45, 2.75) is 37.4 Å². The summed E-state index contributed by atoms with van der Waals surface area (Å²) in [5.41, 5.74) is 0.272. The fraction of sp³-hybridized carbons (Fsp3) is 0.552. The van der Waals surface area contributed by atoms with Crippen molar-refractivity contribution in [3.05, 3.63) is 64.2 Å². The van der Waals surface area contributed by atoms with Crippen LogP contribution in [0, 0.1) is 6.92 Å². The standard InChI is InChI=1S/C29H38F3N3O6S/c1-20-3-4-21(14-27(20)36)13-25-16-33(5-6-34-9-10-41-26(17-34)18-40-2)7-8-35(25)28(37)23-11-22(19-42(38)39)12-24(15-23)29(30,31)32/h3-4,11-12,14-15,25-26,36H,5-10,13,16-19H2,1-2H3,(H,38,39)/t25-,26+/m1/s1. The fourth-order valence-electron chi connectivity index (χ4n) is 5.54. The van der Waals surface area contributed by atoms with Crippen LogP contribution in [-0.2, 0) is 38.9 Å². The Kier molecular flexibility index (Phi) is 11.0. The van der Waals surface area contributed by atoms with Crippen LogP contribution in [0.2, 0.25) is 0 Å². The molecule has 42 heavy (non-hydrogen) atoms. The van der Waals surface area contributed by atoms with E-state index in [9.17, 15) is 31.8 Å². The summed E-state index contributed by atoms with van der Waals surface area (Å²) in [4.78, 5) is 19.9. The molecule has 0 aliphatic carbocycles. The van der Waals surface area contributed by atoms with E-state index >= 15 is 0 Å². The first-order valence-electron chi connectivity index (χ1n) is 13.9. The van der Waals surface area contributed by atoms with E-state index in [2.05, 4.69) is 9.80 Å². The molecule has 2 aliphatic heterocycles. The van der Waals surface area contributed by atoms with Gasteiger partial charge in [-0.1, -0.05) is 12.1 Å². The molecule has 9 nitrogen and oxygen atoms in total. The van der Waals surface area contributed by atoms with E-state index in [-0.39, 0.29) is 29.0 Å². The van der Waals surface area contributed by atoms with Crippen LogP contribution in [0.15, 0.2) is 36.4 Å². The van der Waals surface area contributed by atoms with E-state index in [0.717, 1.165) is 43.9 Å². The lowest BCUT2D eigenvalue weighted by molar-refractivity contribution is -0.137. The number of nitrogens with zero attached hydrogens (tertiary/aromatic N) is 3. The van der Waals surface area contributed by atoms with Crippen molar-refractivity contribution in [2.75, 3.05) is 66.1 Å². The number of phenolic OH excluding ortho intramolecular Hbond substituents is 1. The Balaban J connectivity index is 1.54. The largest absolute Gasteiger partial charge is 0.508 e. The Morgan fingerprint density at radius 1 is 1.07 bits per heavy atom. The van der Waals surface area contributed by atoms with Gasteiger partial charge >= 0.3 is 6.18 Å². The van der Waals surface area contributed by atoms with Crippen LogP contribution in [0.4, 0.5) is 13.2 Å². The Labute approximate surface area is 246 Å². The number of benzene rings is 2. The van der Waals surface area contributed by atoms with Crippen LogP contribution in [0.5, 0.6) is 5.75 Å². The number of methoxy groups -OCH3 is 1. The topological polar surface area (TPSA) is 103 Å². The van der Waals surface area contributed by atoms with Crippen molar-refractivity contribution in [1.29, 1.82) is 0 Å². The monoisotopic (exact) mass is 613 g/mol. The van der Waals surface area contributed by atoms with Crippen LogP contribution >= 0.6 is 0 Å². The fourth-order valence-corrected chi connectivity index (χ4v) is 5.99. The Bertz CT molecular complexity index is 1260. The van der Waals surface area contributed by atoms with Gasteiger partial charge in [0.15, 0.2) is 11.1 Å². The minimum absolute atomic E-state index is 0.0146. The van der Waals surface area contributed by atoms with Crippen molar-refractivity contribution in [3.8, 4) is 5.75 Å². The maximum absolute atomic E-state index is 13.8. The van der Waals surface area contributed by atoms with Crippen molar-refractivity contribution in [2.24, 2.45) is 0 Å². The molecule has 2 aromatic carbocycles. The normalized spacial score (nSPS) is 21.4. The highest BCUT2D eigenvalue weighted by molar-refractivity contribution is 7.78. The first-order valence-corrected chi connectivity index (χ1v) is 15.1. The average molecular weight is 614 g/mol. The Hall–Kier alpha value is -2.55. The number of carbonyl (C=O) groups is 1. The zero-order valence-corrected chi connectivity index (χ0v) is 24.6. The molecule has 2 aromatic rings. The zero-order valence-electron chi connectivity index (χ0n) is 23.8. The van der Waals surface area contributed by atoms with Gasteiger partial charge in [0.2, 0.25) is 0 Å². The van der Waals surface area contributed by atoms with Gasteiger partial charge in [0.05, 0.1) is 30.6 Å². The lowest BCUT2D eigenvalue weighted by Crippen LogP contribution is -2.57. The molecule has 2 fully saturated rings. The maximum Gasteiger partial charge on any atom is 0.416 e. The maximum atomic E-state index is 13.8. The molecule has 0 aromatic heterocycles. The molecule has 3 atom stereocenters. The summed E-state index contributed by atoms with van der Waals surface area (Å²) in [6.07, 6.45) is -4.31. The molecule has 2 saturated heterocycles. The first kappa shape index (κ1) is 32.4. The number of alkyl halides is 3. The molecule has 2 aliphatic rings. The summed E-state index contributed by atoms with van der Waals surface area (Å²) in [7, 11) is 1.64. The predicted molar refractivity (Wildman–Crippen MR) is 152 cm³/mol. The van der Waals surface area contributed by atoms with Gasteiger partial charge in [-0.2, -0.15) is 13.2 Å². The summed E-state index contributed by atoms with van der Waals surface area (Å²) in [5.74, 6) is -0.949. The first-order chi connectivity index (χ1) is 19.9. The molecule has 1 amide bonds. The summed E-state index contributed by atoms with van der Waals surface area (Å²) in [5, 5.41) is 10.3. The highest BCUT2D eigenvalue weighted by atomic mass is 32.2. The zero-order chi connectivity index (χ0) is 30.4. The van der Waals surface area contributed by atoms with Crippen molar-refractivity contribution >= 4 is 17.0 Å². The molecule has 0 saturated carbocycles. The van der Waals surface area contributed by atoms with Crippen LogP contribution in [-0.4, -0.2) is 113 Å². The van der Waals surface area contributed by atoms with Gasteiger partial charge in [-0.05, 0) is 54.3 Å². The van der Waals surface area contributed by atoms with Crippen molar-refractivity contribution in [3.63, 3.8) is 0 Å². The van der Waals surface area contributed by atoms with Crippen molar-refractivity contribution in [1.82, 2.24) is 14.7 Å². The lowest BCUT2D eigenvalue weighted by Gasteiger charge is -2.43. The minimum atomic E-state index is -4.72. The number of aromatic hydroxyl groups is 1. The van der Waals surface area contributed by atoms with Gasteiger partial charge in [-0.25, -0.2) is 4.21 Å². The van der Waals surface area contributed by atoms with E-state index in [0.29, 0.717) is 44.8 Å². The number of phenols is 1. The number of ether oxygens (including phenoxy) is 2. The lowest BCUT2D eigenvalue weighted by atomic mass is 9.98. The van der Waals surface area contributed by atoms with Crippen molar-refractivity contribution < 1.29 is 41.3 Å². The molecule has 2 N–H and O–H groups in total. The molecule has 4 rings (SSSR count). The molecule has 0 radical (unpaired) electrons. The smallest absolute Gasteiger partial charge is 0.416 e. The quantitative estimate of drug-likeness (QED) is 0.394. The summed E-state index contributed by atoms with van der Waals surface area (Å²) >= 11 is -2.37. The number of amides is 1. The number of halogens is 3. The minimum Gasteiger partial charge on any atom is -0.508 e. The highest BCUT2D eigenvalue weighted by Gasteiger charge is 2.35. The van der Waals surface area contributed by atoms with Gasteiger partial charge < -0.3 is 24.0 Å². The van der Waals surface area contributed by atoms with E-state index < -0.39 is 34.5 Å². The molecule has 0 spiro atoms. The number of morpholine rings is 1. The Morgan fingerprint density at radius 3 is 2.48 bits per heavy atom. The highest BCUT2D eigenvalue weighted by Crippen LogP contribution is 2.32. The SMILES string of the molecule is COC[C@@H]1CN(CCN2CCN(C(=O)c3cc(CS(=O)O)cc(C(F)(F)F)c3)[C@H](Cc3ccc(C)c(O)c3)C2)CCO1. The third kappa shape index (κ3) is 8.74. The van der Waals surface area contributed by atoms with Gasteiger partial charge in [0.1, 0.15) is 5.75 Å². The van der Waals surface area contributed by atoms with Crippen LogP contribution in [0.3, 0.4) is 0 Å². The molecular weight excluding hydrogens is 575 g/mol. The van der Waals surface area contributed by atoms with Gasteiger partial charge in [-0.15, -0.1) is 0 Å². The summed E-state index contributed by atoms with van der Waals surface area (Å²) < 4.78 is 72.6. The van der Waals surface area contributed by atoms with Crippen LogP contribution < -0.4 is 0 Å². The van der Waals surface area contributed by atoms with Gasteiger partial charge in [0, 0.05) is 64.5 Å². The molecule has 2 heterocycles. The third-order valence-electron chi connectivity index (χ3n) is 7.74. The number of rotatable bonds is 10. The number of hydrogen-bond donors (Lipinski definition) is 2. The summed E-state index contributed by atoms with van der Waals surface area (Å²) in [6.45, 7) is 7.37. The number of aryl methyl sites for hydroxylation is 1. The second kappa shape index (κ2) is 14.3. The van der Waals surface area contributed by atoms with E-state index in [4.69, 9.17) is 9.47 Å². The summed E-state index contributed by atoms with van der Waals surface area (Å²) in [6, 6.07) is 7.82. The third-order valence-corrected chi connectivity index (χ3v) is 8.32. The number of carbonyl (C=O) groups excluding carboxylic acids is 1. The average Bonchev–Trinajstić information content (AvgIpc) is 2.93. The van der Waals surface area contributed by atoms with Gasteiger partial charge in [0.25, 0.3) is 5.91 Å². The van der Waals surface area contributed by atoms with Crippen LogP contribution in [0.1, 0.15) is 32.6 Å². The Morgan fingerprint density at radius 2 is 1.81 bits per heavy atom. The van der Waals surface area contributed by atoms with Crippen LogP contribution in [0.25, 0.3) is 0 Å². The molecule has 0 bridgehead atoms. The molecule has 232 valence electrons. The number of piperazine rings is 1. The molecular formula is C29H38F3N3O6S. The van der Waals surface area contributed by atoms with E-state index in [1.807, 2.05) is 6.07 Å². The van der Waals surface area contributed by atoms with E-state index in [1.54, 1.807) is 31.1 Å². The van der Waals surface area contributed by atoms with E-state index in [1.165, 1.54) is 6.07 Å². The molecule has 13 heteroatoms. The van der Waals surface area contributed by atoms with Gasteiger partial charge in [-0.3, -0.25) is 14.6 Å². The second-order valence-electron chi connectivity index (χ2n) is 10.9. The second-order valence-corrected chi connectivity index (χ2v) is 11.8. The number of hydrogen-bond acceptors (Lipinski definition) is 7.